The van der Waals surface area contributed by atoms with Crippen molar-refractivity contribution >= 4 is 58.2 Å². The van der Waals surface area contributed by atoms with E-state index in [2.05, 4.69) is 10.6 Å². The molecule has 7 heteroatoms. The predicted molar refractivity (Wildman–Crippen MR) is 98.0 cm³/mol. The Kier molecular flexibility index (Phi) is 5.98. The number of carbonyl (C=O) groups excluding carboxylic acids is 1. The third-order valence-electron chi connectivity index (χ3n) is 2.77. The molecule has 23 heavy (non-hydrogen) atoms. The Bertz CT molecular complexity index is 778. The number of para-hydroxylation sites is 2. The molecule has 2 aromatic carbocycles. The summed E-state index contributed by atoms with van der Waals surface area (Å²) < 4.78 is 0. The molecule has 0 saturated heterocycles. The van der Waals surface area contributed by atoms with Crippen molar-refractivity contribution in [2.24, 2.45) is 0 Å². The fraction of sp³-hybridized carbons (Fsp3) is 0. The molecule has 0 aliphatic heterocycles. The molecule has 0 aromatic heterocycles. The Balaban J connectivity index is 1.95. The first-order chi connectivity index (χ1) is 11.0. The number of anilines is 1. The van der Waals surface area contributed by atoms with Crippen molar-refractivity contribution in [3.63, 3.8) is 0 Å². The molecular weight excluding hydrogens is 355 g/mol. The molecule has 118 valence electrons. The quantitative estimate of drug-likeness (QED) is 0.432. The maximum Gasteiger partial charge on any atom is 0.250 e. The topological polar surface area (TPSA) is 61.4 Å². The van der Waals surface area contributed by atoms with Crippen molar-refractivity contribution in [3.8, 4) is 5.75 Å². The fourth-order valence-corrected chi connectivity index (χ4v) is 2.37. The van der Waals surface area contributed by atoms with Gasteiger partial charge < -0.3 is 10.4 Å². The van der Waals surface area contributed by atoms with Crippen molar-refractivity contribution in [2.45, 2.75) is 0 Å². The zero-order valence-electron chi connectivity index (χ0n) is 11.7. The van der Waals surface area contributed by atoms with E-state index >= 15 is 0 Å². The predicted octanol–water partition coefficient (Wildman–Crippen LogP) is 4.23. The molecule has 0 atom stereocenters. The van der Waals surface area contributed by atoms with Gasteiger partial charge in [-0.1, -0.05) is 41.4 Å². The molecule has 0 spiro atoms. The molecule has 2 rings (SSSR count). The number of aromatic hydroxyl groups is 1. The average Bonchev–Trinajstić information content (AvgIpc) is 2.48. The number of hydrogen-bond donors (Lipinski definition) is 3. The molecule has 0 fully saturated rings. The Morgan fingerprint density at radius 2 is 1.91 bits per heavy atom. The van der Waals surface area contributed by atoms with Crippen LogP contribution >= 0.6 is 35.4 Å². The standard InChI is InChI=1S/C16H12Cl2N2O2S/c17-11-7-5-10(12(18)9-11)6-8-15(22)20-16(23)19-13-3-1-2-4-14(13)21/h1-9,21H,(H2,19,20,22,23)/b8-6+. The molecule has 0 aliphatic carbocycles. The van der Waals surface area contributed by atoms with Gasteiger partial charge in [0.15, 0.2) is 5.11 Å². The Hall–Kier alpha value is -2.08. The molecule has 4 nitrogen and oxygen atoms in total. The summed E-state index contributed by atoms with van der Waals surface area (Å²) in [5, 5.41) is 15.9. The normalized spacial score (nSPS) is 10.5. The summed E-state index contributed by atoms with van der Waals surface area (Å²) in [5.74, 6) is -0.392. The first-order valence-corrected chi connectivity index (χ1v) is 7.65. The van der Waals surface area contributed by atoms with Crippen LogP contribution in [0.2, 0.25) is 10.0 Å². The fourth-order valence-electron chi connectivity index (χ4n) is 1.69. The largest absolute Gasteiger partial charge is 0.506 e. The van der Waals surface area contributed by atoms with Crippen LogP contribution < -0.4 is 10.6 Å². The number of hydrogen-bond acceptors (Lipinski definition) is 3. The molecule has 0 radical (unpaired) electrons. The number of carbonyl (C=O) groups is 1. The summed E-state index contributed by atoms with van der Waals surface area (Å²) >= 11 is 16.8. The van der Waals surface area contributed by atoms with Crippen LogP contribution in [-0.2, 0) is 4.79 Å². The number of nitrogens with one attached hydrogen (secondary N) is 2. The Morgan fingerprint density at radius 3 is 2.61 bits per heavy atom. The molecular formula is C16H12Cl2N2O2S. The van der Waals surface area contributed by atoms with Crippen LogP contribution in [0.25, 0.3) is 6.08 Å². The highest BCUT2D eigenvalue weighted by Crippen LogP contribution is 2.22. The van der Waals surface area contributed by atoms with Crippen LogP contribution in [0, 0.1) is 0 Å². The first kappa shape index (κ1) is 17.3. The van der Waals surface area contributed by atoms with E-state index < -0.39 is 5.91 Å². The van der Waals surface area contributed by atoms with Crippen molar-refractivity contribution < 1.29 is 9.90 Å². The average molecular weight is 367 g/mol. The van der Waals surface area contributed by atoms with Crippen LogP contribution in [0.15, 0.2) is 48.5 Å². The van der Waals surface area contributed by atoms with Gasteiger partial charge in [0.2, 0.25) is 5.91 Å². The van der Waals surface area contributed by atoms with Gasteiger partial charge in [-0.3, -0.25) is 10.1 Å². The van der Waals surface area contributed by atoms with E-state index in [0.29, 0.717) is 21.3 Å². The molecule has 0 heterocycles. The second-order valence-electron chi connectivity index (χ2n) is 4.46. The summed E-state index contributed by atoms with van der Waals surface area (Å²) in [6, 6.07) is 11.5. The van der Waals surface area contributed by atoms with Gasteiger partial charge in [-0.2, -0.15) is 0 Å². The smallest absolute Gasteiger partial charge is 0.250 e. The van der Waals surface area contributed by atoms with E-state index in [1.165, 1.54) is 12.1 Å². The van der Waals surface area contributed by atoms with Gasteiger partial charge in [-0.25, -0.2) is 0 Å². The Morgan fingerprint density at radius 1 is 1.17 bits per heavy atom. The van der Waals surface area contributed by atoms with Gasteiger partial charge in [0.1, 0.15) is 5.75 Å². The summed E-state index contributed by atoms with van der Waals surface area (Å²) in [7, 11) is 0. The van der Waals surface area contributed by atoms with E-state index in [0.717, 1.165) is 0 Å². The number of halogens is 2. The van der Waals surface area contributed by atoms with Gasteiger partial charge in [-0.05, 0) is 48.1 Å². The van der Waals surface area contributed by atoms with Gasteiger partial charge in [-0.15, -0.1) is 0 Å². The lowest BCUT2D eigenvalue weighted by atomic mass is 10.2. The van der Waals surface area contributed by atoms with Gasteiger partial charge >= 0.3 is 0 Å². The number of rotatable bonds is 3. The van der Waals surface area contributed by atoms with Crippen molar-refractivity contribution in [1.29, 1.82) is 0 Å². The van der Waals surface area contributed by atoms with Gasteiger partial charge in [0, 0.05) is 16.1 Å². The minimum Gasteiger partial charge on any atom is -0.506 e. The molecule has 0 unspecified atom stereocenters. The van der Waals surface area contributed by atoms with E-state index in [4.69, 9.17) is 35.4 Å². The van der Waals surface area contributed by atoms with E-state index in [1.807, 2.05) is 0 Å². The van der Waals surface area contributed by atoms with Crippen LogP contribution in [0.4, 0.5) is 5.69 Å². The van der Waals surface area contributed by atoms with Crippen LogP contribution in [0.5, 0.6) is 5.75 Å². The van der Waals surface area contributed by atoms with Gasteiger partial charge in [0.25, 0.3) is 0 Å². The van der Waals surface area contributed by atoms with Crippen molar-refractivity contribution in [1.82, 2.24) is 5.32 Å². The van der Waals surface area contributed by atoms with E-state index in [9.17, 15) is 9.90 Å². The SMILES string of the molecule is O=C(/C=C/c1ccc(Cl)cc1Cl)NC(=S)Nc1ccccc1O. The van der Waals surface area contributed by atoms with Gasteiger partial charge in [0.05, 0.1) is 5.69 Å². The van der Waals surface area contributed by atoms with Crippen LogP contribution in [0.3, 0.4) is 0 Å². The zero-order chi connectivity index (χ0) is 16.8. The minimum absolute atomic E-state index is 0.0348. The molecule has 0 bridgehead atoms. The molecule has 1 amide bonds. The zero-order valence-corrected chi connectivity index (χ0v) is 14.0. The lowest BCUT2D eigenvalue weighted by molar-refractivity contribution is -0.115. The maximum absolute atomic E-state index is 11.8. The minimum atomic E-state index is -0.427. The molecule has 2 aromatic rings. The second kappa shape index (κ2) is 7.97. The highest BCUT2D eigenvalue weighted by molar-refractivity contribution is 7.80. The van der Waals surface area contributed by atoms with E-state index in [1.54, 1.807) is 42.5 Å². The number of phenolic OH excluding ortho intramolecular Hbond substituents is 1. The highest BCUT2D eigenvalue weighted by Gasteiger charge is 2.05. The number of benzene rings is 2. The van der Waals surface area contributed by atoms with Crippen LogP contribution in [-0.4, -0.2) is 16.1 Å². The maximum atomic E-state index is 11.8. The second-order valence-corrected chi connectivity index (χ2v) is 5.71. The Labute approximate surface area is 148 Å². The third kappa shape index (κ3) is 5.25. The summed E-state index contributed by atoms with van der Waals surface area (Å²) in [5.41, 5.74) is 1.06. The summed E-state index contributed by atoms with van der Waals surface area (Å²) in [4.78, 5) is 11.8. The lowest BCUT2D eigenvalue weighted by Gasteiger charge is -2.09. The highest BCUT2D eigenvalue weighted by atomic mass is 35.5. The third-order valence-corrected chi connectivity index (χ3v) is 3.53. The van der Waals surface area contributed by atoms with Crippen molar-refractivity contribution in [2.75, 3.05) is 5.32 Å². The molecule has 0 saturated carbocycles. The summed E-state index contributed by atoms with van der Waals surface area (Å²) in [6.07, 6.45) is 2.85. The van der Waals surface area contributed by atoms with Crippen LogP contribution in [0.1, 0.15) is 5.56 Å². The van der Waals surface area contributed by atoms with E-state index in [-0.39, 0.29) is 10.9 Å². The monoisotopic (exact) mass is 366 g/mol. The van der Waals surface area contributed by atoms with Crippen molar-refractivity contribution in [3.05, 3.63) is 64.1 Å². The lowest BCUT2D eigenvalue weighted by Crippen LogP contribution is -2.32. The number of phenols is 1. The number of thiocarbonyl (C=S) groups is 1. The molecule has 0 aliphatic rings. The first-order valence-electron chi connectivity index (χ1n) is 6.49. The summed E-state index contributed by atoms with van der Waals surface area (Å²) in [6.45, 7) is 0. The number of amides is 1. The molecule has 3 N–H and O–H groups in total.